The average molecular weight is 268 g/mol. The minimum absolute atomic E-state index is 0.184. The summed E-state index contributed by atoms with van der Waals surface area (Å²) in [6.45, 7) is 2.21. The van der Waals surface area contributed by atoms with E-state index >= 15 is 0 Å². The van der Waals surface area contributed by atoms with Crippen molar-refractivity contribution in [3.8, 4) is 0 Å². The number of aromatic nitrogens is 1. The van der Waals surface area contributed by atoms with Crippen LogP contribution in [0.3, 0.4) is 0 Å². The van der Waals surface area contributed by atoms with Gasteiger partial charge in [-0.15, -0.1) is 0 Å². The predicted octanol–water partition coefficient (Wildman–Crippen LogP) is 1.25. The number of nitrogens with zero attached hydrogens (tertiary/aromatic N) is 2. The molecule has 0 saturated carbocycles. The van der Waals surface area contributed by atoms with E-state index in [1.165, 1.54) is 17.7 Å². The third kappa shape index (κ3) is 2.68. The highest BCUT2D eigenvalue weighted by atomic mass is 32.1. The fraction of sp³-hybridized carbons (Fsp3) is 0.545. The van der Waals surface area contributed by atoms with Crippen molar-refractivity contribution in [3.05, 3.63) is 10.6 Å². The van der Waals surface area contributed by atoms with E-state index in [4.69, 9.17) is 10.6 Å². The lowest BCUT2D eigenvalue weighted by Crippen LogP contribution is -2.20. The summed E-state index contributed by atoms with van der Waals surface area (Å²) in [4.78, 5) is 21.4. The van der Waals surface area contributed by atoms with E-state index in [2.05, 4.69) is 15.4 Å². The molecule has 2 rings (SSSR count). The van der Waals surface area contributed by atoms with Crippen molar-refractivity contribution in [1.82, 2.24) is 10.4 Å². The van der Waals surface area contributed by atoms with Gasteiger partial charge < -0.3 is 10.2 Å². The first-order valence-corrected chi connectivity index (χ1v) is 6.72. The SMILES string of the molecule is CCOC(=O)C1CCCc2sc(N=CNN)nc21. The minimum Gasteiger partial charge on any atom is -0.465 e. The molecule has 1 heterocycles. The first-order valence-electron chi connectivity index (χ1n) is 5.91. The number of aliphatic imine (C=N–C) groups is 1. The molecule has 6 nitrogen and oxygen atoms in total. The van der Waals surface area contributed by atoms with Gasteiger partial charge in [0, 0.05) is 4.88 Å². The smallest absolute Gasteiger partial charge is 0.315 e. The summed E-state index contributed by atoms with van der Waals surface area (Å²) in [5.41, 5.74) is 3.16. The van der Waals surface area contributed by atoms with E-state index in [-0.39, 0.29) is 11.9 Å². The van der Waals surface area contributed by atoms with Gasteiger partial charge in [0.2, 0.25) is 5.13 Å². The van der Waals surface area contributed by atoms with Gasteiger partial charge in [0.25, 0.3) is 0 Å². The Morgan fingerprint density at radius 3 is 3.33 bits per heavy atom. The number of hydrogen-bond donors (Lipinski definition) is 2. The third-order valence-electron chi connectivity index (χ3n) is 2.76. The van der Waals surface area contributed by atoms with E-state index in [0.717, 1.165) is 29.8 Å². The highest BCUT2D eigenvalue weighted by Gasteiger charge is 2.31. The first kappa shape index (κ1) is 13.0. The fourth-order valence-corrected chi connectivity index (χ4v) is 3.03. The molecule has 1 aromatic rings. The maximum atomic E-state index is 11.9. The van der Waals surface area contributed by atoms with Crippen LogP contribution in [-0.2, 0) is 16.0 Å². The second-order valence-corrected chi connectivity index (χ2v) is 4.99. The molecule has 0 amide bonds. The van der Waals surface area contributed by atoms with Gasteiger partial charge in [0.1, 0.15) is 12.3 Å². The van der Waals surface area contributed by atoms with Crippen LogP contribution in [0.15, 0.2) is 4.99 Å². The van der Waals surface area contributed by atoms with Gasteiger partial charge >= 0.3 is 5.97 Å². The molecule has 0 aromatic carbocycles. The Bertz CT molecular complexity index is 458. The molecule has 1 aliphatic rings. The van der Waals surface area contributed by atoms with Crippen LogP contribution in [0.4, 0.5) is 5.13 Å². The molecule has 0 spiro atoms. The molecule has 1 atom stereocenters. The summed E-state index contributed by atoms with van der Waals surface area (Å²) in [6.07, 6.45) is 4.11. The van der Waals surface area contributed by atoms with Crippen LogP contribution in [-0.4, -0.2) is 23.9 Å². The van der Waals surface area contributed by atoms with E-state index < -0.39 is 0 Å². The van der Waals surface area contributed by atoms with Gasteiger partial charge in [-0.25, -0.2) is 15.8 Å². The zero-order chi connectivity index (χ0) is 13.0. The normalized spacial score (nSPS) is 18.7. The number of fused-ring (bicyclic) bond motifs is 1. The Morgan fingerprint density at radius 2 is 2.61 bits per heavy atom. The topological polar surface area (TPSA) is 89.6 Å². The lowest BCUT2D eigenvalue weighted by Gasteiger charge is -2.18. The Morgan fingerprint density at radius 1 is 1.78 bits per heavy atom. The molecule has 1 aliphatic carbocycles. The molecule has 98 valence electrons. The quantitative estimate of drug-likeness (QED) is 0.282. The Kier molecular flexibility index (Phi) is 4.27. The van der Waals surface area contributed by atoms with Crippen LogP contribution >= 0.6 is 11.3 Å². The van der Waals surface area contributed by atoms with Crippen molar-refractivity contribution in [2.75, 3.05) is 6.61 Å². The van der Waals surface area contributed by atoms with E-state index in [0.29, 0.717) is 11.7 Å². The number of hydrazine groups is 1. The number of esters is 1. The van der Waals surface area contributed by atoms with Gasteiger partial charge in [0.15, 0.2) is 0 Å². The molecular formula is C11H16N4O2S. The van der Waals surface area contributed by atoms with Crippen LogP contribution in [0.25, 0.3) is 0 Å². The second kappa shape index (κ2) is 5.92. The molecule has 0 radical (unpaired) electrons. The lowest BCUT2D eigenvalue weighted by atomic mass is 9.91. The number of aryl methyl sites for hydroxylation is 1. The van der Waals surface area contributed by atoms with Crippen molar-refractivity contribution in [2.24, 2.45) is 10.8 Å². The lowest BCUT2D eigenvalue weighted by molar-refractivity contribution is -0.145. The molecule has 0 aliphatic heterocycles. The zero-order valence-corrected chi connectivity index (χ0v) is 11.0. The van der Waals surface area contributed by atoms with Crippen molar-refractivity contribution in [2.45, 2.75) is 32.1 Å². The number of nitrogens with one attached hydrogen (secondary N) is 1. The van der Waals surface area contributed by atoms with Crippen LogP contribution < -0.4 is 11.3 Å². The molecule has 1 aromatic heterocycles. The fourth-order valence-electron chi connectivity index (χ4n) is 2.03. The molecule has 18 heavy (non-hydrogen) atoms. The average Bonchev–Trinajstić information content (AvgIpc) is 2.79. The van der Waals surface area contributed by atoms with Crippen molar-refractivity contribution in [3.63, 3.8) is 0 Å². The Balaban J connectivity index is 2.23. The maximum absolute atomic E-state index is 11.9. The molecule has 1 unspecified atom stereocenters. The molecule has 0 fully saturated rings. The summed E-state index contributed by atoms with van der Waals surface area (Å²) in [5.74, 6) is 4.70. The number of nitrogens with two attached hydrogens (primary N) is 1. The summed E-state index contributed by atoms with van der Waals surface area (Å²) in [5, 5.41) is 0.620. The molecular weight excluding hydrogens is 252 g/mol. The number of thiazole rings is 1. The van der Waals surface area contributed by atoms with Gasteiger partial charge in [-0.1, -0.05) is 11.3 Å². The summed E-state index contributed by atoms with van der Waals surface area (Å²) in [6, 6.07) is 0. The first-order chi connectivity index (χ1) is 8.76. The molecule has 7 heteroatoms. The van der Waals surface area contributed by atoms with Gasteiger partial charge in [-0.3, -0.25) is 4.79 Å². The zero-order valence-electron chi connectivity index (χ0n) is 10.2. The van der Waals surface area contributed by atoms with Crippen molar-refractivity contribution >= 4 is 28.8 Å². The minimum atomic E-state index is -0.236. The number of carbonyl (C=O) groups excluding carboxylic acids is 1. The largest absolute Gasteiger partial charge is 0.465 e. The highest BCUT2D eigenvalue weighted by Crippen LogP contribution is 2.38. The summed E-state index contributed by atoms with van der Waals surface area (Å²) < 4.78 is 5.08. The summed E-state index contributed by atoms with van der Waals surface area (Å²) >= 11 is 1.50. The predicted molar refractivity (Wildman–Crippen MR) is 69.9 cm³/mol. The van der Waals surface area contributed by atoms with Crippen LogP contribution in [0.1, 0.15) is 36.3 Å². The van der Waals surface area contributed by atoms with Crippen LogP contribution in [0, 0.1) is 0 Å². The third-order valence-corrected chi connectivity index (χ3v) is 3.80. The highest BCUT2D eigenvalue weighted by molar-refractivity contribution is 7.15. The summed E-state index contributed by atoms with van der Waals surface area (Å²) in [7, 11) is 0. The maximum Gasteiger partial charge on any atom is 0.315 e. The van der Waals surface area contributed by atoms with E-state index in [1.54, 1.807) is 0 Å². The Labute approximate surface area is 109 Å². The monoisotopic (exact) mass is 268 g/mol. The van der Waals surface area contributed by atoms with Crippen molar-refractivity contribution < 1.29 is 9.53 Å². The number of hydrogen-bond acceptors (Lipinski definition) is 6. The van der Waals surface area contributed by atoms with Crippen LogP contribution in [0.2, 0.25) is 0 Å². The molecule has 3 N–H and O–H groups in total. The number of rotatable bonds is 4. The van der Waals surface area contributed by atoms with E-state index in [9.17, 15) is 4.79 Å². The van der Waals surface area contributed by atoms with Gasteiger partial charge in [-0.05, 0) is 26.2 Å². The second-order valence-electron chi connectivity index (χ2n) is 3.93. The number of carbonyl (C=O) groups is 1. The standard InChI is InChI=1S/C11H16N4O2S/c1-2-17-10(16)7-4-3-5-8-9(7)15-11(18-8)13-6-14-12/h6-7H,2-5,12H2,1H3,(H,13,14,15). The van der Waals surface area contributed by atoms with E-state index in [1.807, 2.05) is 6.92 Å². The van der Waals surface area contributed by atoms with Crippen molar-refractivity contribution in [1.29, 1.82) is 0 Å². The van der Waals surface area contributed by atoms with Gasteiger partial charge in [0.05, 0.1) is 12.3 Å². The molecule has 0 saturated heterocycles. The Hall–Kier alpha value is -1.47. The number of ether oxygens (including phenoxy) is 1. The van der Waals surface area contributed by atoms with Crippen LogP contribution in [0.5, 0.6) is 0 Å². The van der Waals surface area contributed by atoms with Gasteiger partial charge in [-0.2, -0.15) is 0 Å². The molecule has 0 bridgehead atoms.